The summed E-state index contributed by atoms with van der Waals surface area (Å²) in [7, 11) is 0. The first-order valence-corrected chi connectivity index (χ1v) is 10.7. The molecule has 2 amide bonds. The van der Waals surface area contributed by atoms with Gasteiger partial charge in [-0.05, 0) is 49.9 Å². The molecular formula is C23H30F2N4O2. The van der Waals surface area contributed by atoms with Crippen LogP contribution in [0.5, 0.6) is 0 Å². The summed E-state index contributed by atoms with van der Waals surface area (Å²) in [4.78, 5) is 28.6. The van der Waals surface area contributed by atoms with Crippen molar-refractivity contribution in [1.82, 2.24) is 19.6 Å². The molecule has 1 aliphatic rings. The number of carbonyl (C=O) groups excluding carboxylic acids is 2. The highest BCUT2D eigenvalue weighted by Crippen LogP contribution is 2.18. The maximum Gasteiger partial charge on any atom is 0.254 e. The fourth-order valence-electron chi connectivity index (χ4n) is 3.98. The smallest absolute Gasteiger partial charge is 0.254 e. The molecule has 2 aromatic rings. The lowest BCUT2D eigenvalue weighted by Crippen LogP contribution is -2.50. The molecule has 0 saturated carbocycles. The molecule has 0 atom stereocenters. The molecule has 1 aromatic carbocycles. The summed E-state index contributed by atoms with van der Waals surface area (Å²) in [5.74, 6) is -1.82. The van der Waals surface area contributed by atoms with E-state index in [9.17, 15) is 18.4 Å². The van der Waals surface area contributed by atoms with Crippen molar-refractivity contribution >= 4 is 11.8 Å². The number of aromatic nitrogens is 2. The third-order valence-electron chi connectivity index (χ3n) is 5.74. The van der Waals surface area contributed by atoms with Crippen LogP contribution in [0, 0.1) is 31.4 Å². The summed E-state index contributed by atoms with van der Waals surface area (Å²) in [5.41, 5.74) is 3.32. The Bertz CT molecular complexity index is 963. The molecule has 1 aliphatic heterocycles. The van der Waals surface area contributed by atoms with E-state index >= 15 is 0 Å². The molecule has 1 saturated heterocycles. The van der Waals surface area contributed by atoms with Crippen LogP contribution in [-0.4, -0.2) is 57.6 Å². The third kappa shape index (κ3) is 5.29. The third-order valence-corrected chi connectivity index (χ3v) is 5.74. The van der Waals surface area contributed by atoms with Gasteiger partial charge in [-0.2, -0.15) is 5.10 Å². The van der Waals surface area contributed by atoms with E-state index in [0.717, 1.165) is 35.6 Å². The monoisotopic (exact) mass is 432 g/mol. The van der Waals surface area contributed by atoms with Gasteiger partial charge >= 0.3 is 0 Å². The van der Waals surface area contributed by atoms with E-state index in [0.29, 0.717) is 44.9 Å². The molecule has 168 valence electrons. The van der Waals surface area contributed by atoms with Gasteiger partial charge in [0.2, 0.25) is 5.91 Å². The van der Waals surface area contributed by atoms with Crippen molar-refractivity contribution in [3.63, 3.8) is 0 Å². The van der Waals surface area contributed by atoms with E-state index in [1.807, 2.05) is 18.5 Å². The minimum atomic E-state index is -1.04. The van der Waals surface area contributed by atoms with Crippen LogP contribution in [0.15, 0.2) is 18.2 Å². The summed E-state index contributed by atoms with van der Waals surface area (Å²) < 4.78 is 28.5. The van der Waals surface area contributed by atoms with E-state index in [2.05, 4.69) is 18.9 Å². The number of rotatable bonds is 6. The van der Waals surface area contributed by atoms with Gasteiger partial charge in [-0.1, -0.05) is 13.8 Å². The van der Waals surface area contributed by atoms with Crippen LogP contribution in [0.25, 0.3) is 0 Å². The Morgan fingerprint density at radius 2 is 1.68 bits per heavy atom. The first kappa shape index (κ1) is 22.9. The van der Waals surface area contributed by atoms with Crippen LogP contribution in [-0.2, 0) is 17.8 Å². The van der Waals surface area contributed by atoms with Crippen molar-refractivity contribution in [2.45, 2.75) is 47.1 Å². The zero-order valence-corrected chi connectivity index (χ0v) is 18.6. The van der Waals surface area contributed by atoms with Crippen molar-refractivity contribution in [1.29, 1.82) is 0 Å². The van der Waals surface area contributed by atoms with Crippen LogP contribution >= 0.6 is 0 Å². The Morgan fingerprint density at radius 1 is 1.03 bits per heavy atom. The van der Waals surface area contributed by atoms with Gasteiger partial charge in [0.15, 0.2) is 11.6 Å². The average Bonchev–Trinajstić information content (AvgIpc) is 2.99. The Labute approximate surface area is 181 Å². The van der Waals surface area contributed by atoms with Crippen molar-refractivity contribution < 1.29 is 18.4 Å². The number of halogens is 2. The Balaban J connectivity index is 1.53. The lowest BCUT2D eigenvalue weighted by molar-refractivity contribution is -0.132. The number of aryl methyl sites for hydroxylation is 1. The summed E-state index contributed by atoms with van der Waals surface area (Å²) >= 11 is 0. The van der Waals surface area contributed by atoms with Crippen molar-refractivity contribution in [2.75, 3.05) is 26.2 Å². The molecule has 2 heterocycles. The maximum absolute atomic E-state index is 13.4. The first-order chi connectivity index (χ1) is 14.7. The Morgan fingerprint density at radius 3 is 2.29 bits per heavy atom. The van der Waals surface area contributed by atoms with Gasteiger partial charge in [0, 0.05) is 50.4 Å². The van der Waals surface area contributed by atoms with Crippen LogP contribution in [0.2, 0.25) is 0 Å². The second-order valence-corrected chi connectivity index (χ2v) is 8.53. The predicted molar refractivity (Wildman–Crippen MR) is 114 cm³/mol. The molecule has 0 radical (unpaired) electrons. The van der Waals surface area contributed by atoms with Gasteiger partial charge < -0.3 is 9.80 Å². The minimum absolute atomic E-state index is 0.0512. The molecule has 1 aromatic heterocycles. The highest BCUT2D eigenvalue weighted by molar-refractivity contribution is 5.94. The number of amides is 2. The highest BCUT2D eigenvalue weighted by Gasteiger charge is 2.25. The molecule has 31 heavy (non-hydrogen) atoms. The quantitative estimate of drug-likeness (QED) is 0.704. The number of benzene rings is 1. The topological polar surface area (TPSA) is 58.4 Å². The molecular weight excluding hydrogens is 402 g/mol. The summed E-state index contributed by atoms with van der Waals surface area (Å²) in [6.45, 7) is 10.8. The van der Waals surface area contributed by atoms with Crippen molar-refractivity contribution in [3.8, 4) is 0 Å². The molecule has 0 aliphatic carbocycles. The lowest BCUT2D eigenvalue weighted by Gasteiger charge is -2.35. The van der Waals surface area contributed by atoms with E-state index in [4.69, 9.17) is 0 Å². The lowest BCUT2D eigenvalue weighted by atomic mass is 10.1. The van der Waals surface area contributed by atoms with Crippen LogP contribution in [0.1, 0.15) is 47.6 Å². The van der Waals surface area contributed by atoms with Gasteiger partial charge in [0.25, 0.3) is 5.91 Å². The van der Waals surface area contributed by atoms with Gasteiger partial charge in [-0.3, -0.25) is 14.3 Å². The van der Waals surface area contributed by atoms with Gasteiger partial charge in [-0.15, -0.1) is 0 Å². The zero-order chi connectivity index (χ0) is 22.7. The molecule has 8 heteroatoms. The Kier molecular flexibility index (Phi) is 7.08. The fourth-order valence-corrected chi connectivity index (χ4v) is 3.98. The van der Waals surface area contributed by atoms with Crippen molar-refractivity contribution in [3.05, 3.63) is 52.3 Å². The van der Waals surface area contributed by atoms with E-state index in [1.165, 1.54) is 6.07 Å². The molecule has 1 fully saturated rings. The number of hydrogen-bond acceptors (Lipinski definition) is 3. The normalized spacial score (nSPS) is 14.4. The van der Waals surface area contributed by atoms with Crippen LogP contribution in [0.4, 0.5) is 8.78 Å². The largest absolute Gasteiger partial charge is 0.339 e. The second kappa shape index (κ2) is 9.58. The standard InChI is InChI=1S/C23H30F2N4O2/c1-15(2)14-29-17(4)19(16(3)26-29)6-8-22(30)27-9-11-28(12-10-27)23(31)18-5-7-20(24)21(25)13-18/h5,7,13,15H,6,8-12,14H2,1-4H3. The molecule has 0 N–H and O–H groups in total. The average molecular weight is 433 g/mol. The van der Waals surface area contributed by atoms with E-state index in [-0.39, 0.29) is 17.4 Å². The van der Waals surface area contributed by atoms with Gasteiger partial charge in [0.05, 0.1) is 5.69 Å². The summed E-state index contributed by atoms with van der Waals surface area (Å²) in [6.07, 6.45) is 1.04. The number of carbonyl (C=O) groups is 2. The highest BCUT2D eigenvalue weighted by atomic mass is 19.2. The summed E-state index contributed by atoms with van der Waals surface area (Å²) in [5, 5.41) is 4.61. The van der Waals surface area contributed by atoms with Gasteiger partial charge in [0.1, 0.15) is 0 Å². The molecule has 6 nitrogen and oxygen atoms in total. The number of piperazine rings is 1. The maximum atomic E-state index is 13.4. The minimum Gasteiger partial charge on any atom is -0.339 e. The molecule has 0 unspecified atom stereocenters. The fraction of sp³-hybridized carbons (Fsp3) is 0.522. The van der Waals surface area contributed by atoms with Crippen molar-refractivity contribution in [2.24, 2.45) is 5.92 Å². The Hall–Kier alpha value is -2.77. The molecule has 0 bridgehead atoms. The second-order valence-electron chi connectivity index (χ2n) is 8.53. The first-order valence-electron chi connectivity index (χ1n) is 10.7. The number of nitrogens with zero attached hydrogens (tertiary/aromatic N) is 4. The molecule has 3 rings (SSSR count). The zero-order valence-electron chi connectivity index (χ0n) is 18.6. The summed E-state index contributed by atoms with van der Waals surface area (Å²) in [6, 6.07) is 3.15. The van der Waals surface area contributed by atoms with Crippen LogP contribution < -0.4 is 0 Å². The number of hydrogen-bond donors (Lipinski definition) is 0. The SMILES string of the molecule is Cc1nn(CC(C)C)c(C)c1CCC(=O)N1CCN(C(=O)c2ccc(F)c(F)c2)CC1. The van der Waals surface area contributed by atoms with Gasteiger partial charge in [-0.25, -0.2) is 8.78 Å². The van der Waals surface area contributed by atoms with Crippen LogP contribution in [0.3, 0.4) is 0 Å². The molecule has 0 spiro atoms. The predicted octanol–water partition coefficient (Wildman–Crippen LogP) is 3.35. The van der Waals surface area contributed by atoms with E-state index in [1.54, 1.807) is 9.80 Å². The van der Waals surface area contributed by atoms with E-state index < -0.39 is 11.6 Å².